The summed E-state index contributed by atoms with van der Waals surface area (Å²) in [5, 5.41) is 0. The molecule has 0 bridgehead atoms. The summed E-state index contributed by atoms with van der Waals surface area (Å²) in [6.07, 6.45) is 1.94. The number of thiocarbonyl (C=S) groups is 1. The Morgan fingerprint density at radius 3 is 2.50 bits per heavy atom. The molecule has 4 nitrogen and oxygen atoms in total. The van der Waals surface area contributed by atoms with Gasteiger partial charge in [0.1, 0.15) is 4.99 Å². The van der Waals surface area contributed by atoms with E-state index in [2.05, 4.69) is 0 Å². The molecule has 1 aromatic carbocycles. The average molecular weight is 292 g/mol. The Morgan fingerprint density at radius 2 is 1.95 bits per heavy atom. The second-order valence-electron chi connectivity index (χ2n) is 5.43. The van der Waals surface area contributed by atoms with E-state index >= 15 is 0 Å². The molecular weight excluding hydrogens is 272 g/mol. The monoisotopic (exact) mass is 292 g/mol. The quantitative estimate of drug-likeness (QED) is 0.865. The second kappa shape index (κ2) is 5.89. The van der Waals surface area contributed by atoms with Gasteiger partial charge in [0.2, 0.25) is 0 Å². The molecule has 1 heterocycles. The molecule has 2 rings (SSSR count). The van der Waals surface area contributed by atoms with E-state index in [9.17, 15) is 4.79 Å². The Hall–Kier alpha value is -1.46. The zero-order valence-electron chi connectivity index (χ0n) is 11.9. The maximum absolute atomic E-state index is 12.5. The molecule has 1 unspecified atom stereocenters. The SMILES string of the molecule is COC1(C)CCCN(C(=O)c2ccc(C(N)=S)cc2)C1. The van der Waals surface area contributed by atoms with Gasteiger partial charge in [-0.2, -0.15) is 0 Å². The van der Waals surface area contributed by atoms with Gasteiger partial charge in [0.25, 0.3) is 5.91 Å². The van der Waals surface area contributed by atoms with E-state index in [0.29, 0.717) is 17.1 Å². The summed E-state index contributed by atoms with van der Waals surface area (Å²) in [6, 6.07) is 7.12. The number of carbonyl (C=O) groups is 1. The molecule has 1 atom stereocenters. The smallest absolute Gasteiger partial charge is 0.253 e. The molecule has 2 N–H and O–H groups in total. The van der Waals surface area contributed by atoms with Crippen molar-refractivity contribution in [3.8, 4) is 0 Å². The van der Waals surface area contributed by atoms with Gasteiger partial charge in [0.15, 0.2) is 0 Å². The van der Waals surface area contributed by atoms with Crippen LogP contribution in [0.5, 0.6) is 0 Å². The molecule has 5 heteroatoms. The van der Waals surface area contributed by atoms with Crippen LogP contribution < -0.4 is 5.73 Å². The molecule has 108 valence electrons. The van der Waals surface area contributed by atoms with E-state index in [1.54, 1.807) is 31.4 Å². The van der Waals surface area contributed by atoms with Crippen molar-refractivity contribution in [3.63, 3.8) is 0 Å². The summed E-state index contributed by atoms with van der Waals surface area (Å²) in [5.74, 6) is 0.0301. The third kappa shape index (κ3) is 3.16. The standard InChI is InChI=1S/C15H20N2O2S/c1-15(19-2)8-3-9-17(10-15)14(18)12-6-4-11(5-7-12)13(16)20/h4-7H,3,8-10H2,1-2H3,(H2,16,20). The number of likely N-dealkylation sites (tertiary alicyclic amines) is 1. The van der Waals surface area contributed by atoms with Crippen LogP contribution in [0.4, 0.5) is 0 Å². The Morgan fingerprint density at radius 1 is 1.35 bits per heavy atom. The first-order chi connectivity index (χ1) is 9.45. The fraction of sp³-hybridized carbons (Fsp3) is 0.467. The van der Waals surface area contributed by atoms with E-state index in [-0.39, 0.29) is 11.5 Å². The molecule has 0 aromatic heterocycles. The third-order valence-electron chi connectivity index (χ3n) is 3.86. The van der Waals surface area contributed by atoms with Crippen LogP contribution in [-0.4, -0.2) is 41.6 Å². The van der Waals surface area contributed by atoms with Crippen LogP contribution in [0.25, 0.3) is 0 Å². The number of ether oxygens (including phenoxy) is 1. The molecule has 0 spiro atoms. The van der Waals surface area contributed by atoms with Crippen molar-refractivity contribution in [1.29, 1.82) is 0 Å². The summed E-state index contributed by atoms with van der Waals surface area (Å²) >= 11 is 4.91. The highest BCUT2D eigenvalue weighted by atomic mass is 32.1. The van der Waals surface area contributed by atoms with Gasteiger partial charge in [0.05, 0.1) is 5.60 Å². The Kier molecular flexibility index (Phi) is 4.40. The van der Waals surface area contributed by atoms with Crippen molar-refractivity contribution in [2.75, 3.05) is 20.2 Å². The molecule has 0 radical (unpaired) electrons. The minimum absolute atomic E-state index is 0.0301. The van der Waals surface area contributed by atoms with Gasteiger partial charge in [-0.15, -0.1) is 0 Å². The highest BCUT2D eigenvalue weighted by Crippen LogP contribution is 2.25. The van der Waals surface area contributed by atoms with Gasteiger partial charge in [-0.3, -0.25) is 4.79 Å². The maximum atomic E-state index is 12.5. The van der Waals surface area contributed by atoms with Crippen molar-refractivity contribution in [2.24, 2.45) is 5.73 Å². The van der Waals surface area contributed by atoms with Gasteiger partial charge < -0.3 is 15.4 Å². The van der Waals surface area contributed by atoms with Crippen LogP contribution in [0, 0.1) is 0 Å². The third-order valence-corrected chi connectivity index (χ3v) is 4.09. The van der Waals surface area contributed by atoms with Gasteiger partial charge in [-0.25, -0.2) is 0 Å². The van der Waals surface area contributed by atoms with Crippen LogP contribution in [0.1, 0.15) is 35.7 Å². The molecule has 0 aliphatic carbocycles. The summed E-state index contributed by atoms with van der Waals surface area (Å²) in [7, 11) is 1.70. The van der Waals surface area contributed by atoms with E-state index in [0.717, 1.165) is 24.9 Å². The van der Waals surface area contributed by atoms with Gasteiger partial charge in [-0.05, 0) is 31.9 Å². The van der Waals surface area contributed by atoms with Crippen molar-refractivity contribution in [3.05, 3.63) is 35.4 Å². The first kappa shape index (κ1) is 14.9. The minimum Gasteiger partial charge on any atom is -0.389 e. The second-order valence-corrected chi connectivity index (χ2v) is 5.87. The normalized spacial score (nSPS) is 22.6. The zero-order valence-corrected chi connectivity index (χ0v) is 12.7. The number of rotatable bonds is 3. The molecule has 1 amide bonds. The van der Waals surface area contributed by atoms with Crippen molar-refractivity contribution >= 4 is 23.1 Å². The van der Waals surface area contributed by atoms with Crippen LogP contribution >= 0.6 is 12.2 Å². The summed E-state index contributed by atoms with van der Waals surface area (Å²) in [6.45, 7) is 3.44. The van der Waals surface area contributed by atoms with E-state index in [4.69, 9.17) is 22.7 Å². The fourth-order valence-corrected chi connectivity index (χ4v) is 2.64. The first-order valence-electron chi connectivity index (χ1n) is 6.69. The van der Waals surface area contributed by atoms with Crippen LogP contribution in [-0.2, 0) is 4.74 Å². The number of piperidine rings is 1. The number of nitrogens with zero attached hydrogens (tertiary/aromatic N) is 1. The van der Waals surface area contributed by atoms with Crippen molar-refractivity contribution < 1.29 is 9.53 Å². The summed E-state index contributed by atoms with van der Waals surface area (Å²) < 4.78 is 5.52. The number of nitrogens with two attached hydrogens (primary N) is 1. The number of carbonyl (C=O) groups excluding carboxylic acids is 1. The van der Waals surface area contributed by atoms with E-state index in [1.165, 1.54) is 0 Å². The van der Waals surface area contributed by atoms with E-state index < -0.39 is 0 Å². The lowest BCUT2D eigenvalue weighted by molar-refractivity contribution is -0.0440. The summed E-state index contributed by atoms with van der Waals surface area (Å²) in [4.78, 5) is 14.7. The molecule has 1 saturated heterocycles. The molecule has 20 heavy (non-hydrogen) atoms. The zero-order chi connectivity index (χ0) is 14.8. The number of hydrogen-bond donors (Lipinski definition) is 1. The molecule has 1 aliphatic rings. The number of benzene rings is 1. The topological polar surface area (TPSA) is 55.6 Å². The van der Waals surface area contributed by atoms with Gasteiger partial charge in [-0.1, -0.05) is 24.4 Å². The largest absolute Gasteiger partial charge is 0.389 e. The fourth-order valence-electron chi connectivity index (χ4n) is 2.51. The highest BCUT2D eigenvalue weighted by Gasteiger charge is 2.33. The predicted octanol–water partition coefficient (Wildman–Crippen LogP) is 1.96. The number of methoxy groups -OCH3 is 1. The Labute approximate surface area is 124 Å². The predicted molar refractivity (Wildman–Crippen MR) is 82.9 cm³/mol. The number of amides is 1. The van der Waals surface area contributed by atoms with Crippen LogP contribution in [0.2, 0.25) is 0 Å². The number of hydrogen-bond acceptors (Lipinski definition) is 3. The van der Waals surface area contributed by atoms with E-state index in [1.807, 2.05) is 11.8 Å². The van der Waals surface area contributed by atoms with Gasteiger partial charge >= 0.3 is 0 Å². The van der Waals surface area contributed by atoms with Gasteiger partial charge in [0, 0.05) is 31.3 Å². The molecule has 0 saturated carbocycles. The maximum Gasteiger partial charge on any atom is 0.253 e. The lowest BCUT2D eigenvalue weighted by Crippen LogP contribution is -2.49. The van der Waals surface area contributed by atoms with Crippen molar-refractivity contribution in [2.45, 2.75) is 25.4 Å². The molecular formula is C15H20N2O2S. The molecule has 1 aromatic rings. The van der Waals surface area contributed by atoms with Crippen molar-refractivity contribution in [1.82, 2.24) is 4.90 Å². The molecule has 1 fully saturated rings. The first-order valence-corrected chi connectivity index (χ1v) is 7.10. The summed E-state index contributed by atoms with van der Waals surface area (Å²) in [5.41, 5.74) is 6.75. The highest BCUT2D eigenvalue weighted by molar-refractivity contribution is 7.80. The average Bonchev–Trinajstić information content (AvgIpc) is 2.46. The van der Waals surface area contributed by atoms with Crippen LogP contribution in [0.15, 0.2) is 24.3 Å². The lowest BCUT2D eigenvalue weighted by Gasteiger charge is -2.39. The molecule has 1 aliphatic heterocycles. The Bertz CT molecular complexity index is 515. The minimum atomic E-state index is -0.243. The van der Waals surface area contributed by atoms with Crippen LogP contribution in [0.3, 0.4) is 0 Å². The Balaban J connectivity index is 2.12. The lowest BCUT2D eigenvalue weighted by atomic mass is 9.94.